The number of carbonyl (C=O) groups excluding carboxylic acids is 1. The second-order valence-electron chi connectivity index (χ2n) is 6.30. The van der Waals surface area contributed by atoms with Gasteiger partial charge in [0, 0.05) is 51.3 Å². The number of amides is 2. The molecule has 0 aromatic carbocycles. The zero-order valence-corrected chi connectivity index (χ0v) is 14.1. The molecule has 0 spiro atoms. The second-order valence-corrected chi connectivity index (χ2v) is 6.30. The summed E-state index contributed by atoms with van der Waals surface area (Å²) in [6, 6.07) is 1.71. The minimum Gasteiger partial charge on any atom is -0.337 e. The lowest BCUT2D eigenvalue weighted by molar-refractivity contribution is 0.208. The number of piperazine rings is 1. The molecule has 2 aromatic heterocycles. The van der Waals surface area contributed by atoms with E-state index in [2.05, 4.69) is 39.1 Å². The SMILES string of the molecule is CC(C)Cn1cc(NC(=O)N2CCN(c3ncccn3)CC2)cn1. The molecule has 3 heterocycles. The molecule has 0 unspecified atom stereocenters. The quantitative estimate of drug-likeness (QED) is 0.923. The van der Waals surface area contributed by atoms with E-state index in [9.17, 15) is 4.79 Å². The first-order valence-corrected chi connectivity index (χ1v) is 8.22. The van der Waals surface area contributed by atoms with Crippen molar-refractivity contribution in [1.82, 2.24) is 24.6 Å². The molecular weight excluding hydrogens is 306 g/mol. The van der Waals surface area contributed by atoms with Crippen LogP contribution in [0.5, 0.6) is 0 Å². The van der Waals surface area contributed by atoms with Crippen LogP contribution in [0.25, 0.3) is 0 Å². The van der Waals surface area contributed by atoms with Crippen LogP contribution in [0.15, 0.2) is 30.9 Å². The van der Waals surface area contributed by atoms with E-state index in [0.29, 0.717) is 25.0 Å². The Morgan fingerprint density at radius 3 is 2.58 bits per heavy atom. The monoisotopic (exact) mass is 329 g/mol. The molecule has 3 rings (SSSR count). The van der Waals surface area contributed by atoms with Gasteiger partial charge in [0.2, 0.25) is 5.95 Å². The summed E-state index contributed by atoms with van der Waals surface area (Å²) in [5.74, 6) is 1.23. The predicted octanol–water partition coefficient (Wildman–Crippen LogP) is 1.68. The van der Waals surface area contributed by atoms with E-state index >= 15 is 0 Å². The number of aromatic nitrogens is 4. The Bertz CT molecular complexity index is 662. The van der Waals surface area contributed by atoms with Crippen molar-refractivity contribution in [2.75, 3.05) is 36.4 Å². The molecule has 1 fully saturated rings. The summed E-state index contributed by atoms with van der Waals surface area (Å²) in [7, 11) is 0. The molecule has 2 amide bonds. The van der Waals surface area contributed by atoms with Gasteiger partial charge in [-0.15, -0.1) is 0 Å². The maximum absolute atomic E-state index is 12.4. The Morgan fingerprint density at radius 2 is 1.92 bits per heavy atom. The molecule has 0 bridgehead atoms. The van der Waals surface area contributed by atoms with Crippen LogP contribution in [0.4, 0.5) is 16.4 Å². The van der Waals surface area contributed by atoms with E-state index in [-0.39, 0.29) is 6.03 Å². The van der Waals surface area contributed by atoms with Crippen LogP contribution in [0.2, 0.25) is 0 Å². The summed E-state index contributed by atoms with van der Waals surface area (Å²) < 4.78 is 1.85. The van der Waals surface area contributed by atoms with Crippen LogP contribution < -0.4 is 10.2 Å². The van der Waals surface area contributed by atoms with Crippen molar-refractivity contribution < 1.29 is 4.79 Å². The van der Waals surface area contributed by atoms with E-state index in [4.69, 9.17) is 0 Å². The number of carbonyl (C=O) groups is 1. The molecule has 0 atom stereocenters. The standard InChI is InChI=1S/C16H23N7O/c1-13(2)11-23-12-14(10-19-23)20-16(24)22-8-6-21(7-9-22)15-17-4-3-5-18-15/h3-5,10,12-13H,6-9,11H2,1-2H3,(H,20,24). The van der Waals surface area contributed by atoms with Gasteiger partial charge in [-0.2, -0.15) is 5.10 Å². The first-order valence-electron chi connectivity index (χ1n) is 8.22. The molecule has 1 N–H and O–H groups in total. The van der Waals surface area contributed by atoms with Crippen molar-refractivity contribution in [3.8, 4) is 0 Å². The second kappa shape index (κ2) is 7.29. The molecule has 2 aromatic rings. The molecule has 0 radical (unpaired) electrons. The van der Waals surface area contributed by atoms with Gasteiger partial charge in [-0.25, -0.2) is 14.8 Å². The van der Waals surface area contributed by atoms with Gasteiger partial charge >= 0.3 is 6.03 Å². The summed E-state index contributed by atoms with van der Waals surface area (Å²) in [4.78, 5) is 24.8. The topological polar surface area (TPSA) is 79.2 Å². The van der Waals surface area contributed by atoms with Crippen molar-refractivity contribution in [2.24, 2.45) is 5.92 Å². The lowest BCUT2D eigenvalue weighted by Gasteiger charge is -2.34. The molecule has 8 nitrogen and oxygen atoms in total. The van der Waals surface area contributed by atoms with E-state index in [1.54, 1.807) is 29.6 Å². The smallest absolute Gasteiger partial charge is 0.322 e. The first-order chi connectivity index (χ1) is 11.6. The number of hydrogen-bond acceptors (Lipinski definition) is 5. The molecule has 1 aliphatic rings. The summed E-state index contributed by atoms with van der Waals surface area (Å²) in [6.07, 6.45) is 7.02. The van der Waals surface area contributed by atoms with E-state index in [1.165, 1.54) is 0 Å². The first kappa shape index (κ1) is 16.2. The van der Waals surface area contributed by atoms with Crippen molar-refractivity contribution >= 4 is 17.7 Å². The third-order valence-corrected chi connectivity index (χ3v) is 3.84. The number of hydrogen-bond donors (Lipinski definition) is 1. The minimum atomic E-state index is -0.0901. The number of nitrogens with zero attached hydrogens (tertiary/aromatic N) is 6. The molecule has 1 saturated heterocycles. The maximum atomic E-state index is 12.4. The van der Waals surface area contributed by atoms with E-state index < -0.39 is 0 Å². The van der Waals surface area contributed by atoms with Gasteiger partial charge in [0.25, 0.3) is 0 Å². The molecule has 24 heavy (non-hydrogen) atoms. The Hall–Kier alpha value is -2.64. The van der Waals surface area contributed by atoms with Crippen molar-refractivity contribution in [1.29, 1.82) is 0 Å². The van der Waals surface area contributed by atoms with Crippen LogP contribution in [-0.4, -0.2) is 56.9 Å². The van der Waals surface area contributed by atoms with Crippen LogP contribution in [0, 0.1) is 5.92 Å². The van der Waals surface area contributed by atoms with Crippen LogP contribution in [-0.2, 0) is 6.54 Å². The average molecular weight is 329 g/mol. The Morgan fingerprint density at radius 1 is 1.21 bits per heavy atom. The molecular formula is C16H23N7O. The van der Waals surface area contributed by atoms with E-state index in [0.717, 1.165) is 25.3 Å². The summed E-state index contributed by atoms with van der Waals surface area (Å²) >= 11 is 0. The third kappa shape index (κ3) is 4.01. The van der Waals surface area contributed by atoms with Crippen molar-refractivity contribution in [3.63, 3.8) is 0 Å². The zero-order chi connectivity index (χ0) is 16.9. The zero-order valence-electron chi connectivity index (χ0n) is 14.1. The van der Waals surface area contributed by atoms with Gasteiger partial charge in [0.15, 0.2) is 0 Å². The molecule has 0 aliphatic carbocycles. The number of anilines is 2. The van der Waals surface area contributed by atoms with Crippen molar-refractivity contribution in [3.05, 3.63) is 30.9 Å². The Kier molecular flexibility index (Phi) is 4.93. The number of rotatable bonds is 4. The normalized spacial score (nSPS) is 15.0. The van der Waals surface area contributed by atoms with Gasteiger partial charge in [0.05, 0.1) is 11.9 Å². The highest BCUT2D eigenvalue weighted by molar-refractivity contribution is 5.89. The summed E-state index contributed by atoms with van der Waals surface area (Å²) in [5.41, 5.74) is 0.731. The molecule has 1 aliphatic heterocycles. The average Bonchev–Trinajstić information content (AvgIpc) is 3.02. The van der Waals surface area contributed by atoms with Gasteiger partial charge in [-0.05, 0) is 12.0 Å². The minimum absolute atomic E-state index is 0.0901. The van der Waals surface area contributed by atoms with Gasteiger partial charge < -0.3 is 15.1 Å². The van der Waals surface area contributed by atoms with Crippen LogP contribution >= 0.6 is 0 Å². The highest BCUT2D eigenvalue weighted by Crippen LogP contribution is 2.12. The molecule has 8 heteroatoms. The van der Waals surface area contributed by atoms with E-state index in [1.807, 2.05) is 10.9 Å². The largest absolute Gasteiger partial charge is 0.337 e. The third-order valence-electron chi connectivity index (χ3n) is 3.84. The number of nitrogens with one attached hydrogen (secondary N) is 1. The lowest BCUT2D eigenvalue weighted by atomic mass is 10.2. The maximum Gasteiger partial charge on any atom is 0.322 e. The fraction of sp³-hybridized carbons (Fsp3) is 0.500. The van der Waals surface area contributed by atoms with Crippen LogP contribution in [0.3, 0.4) is 0 Å². The highest BCUT2D eigenvalue weighted by atomic mass is 16.2. The molecule has 128 valence electrons. The fourth-order valence-electron chi connectivity index (χ4n) is 2.67. The summed E-state index contributed by atoms with van der Waals surface area (Å²) in [5, 5.41) is 7.18. The lowest BCUT2D eigenvalue weighted by Crippen LogP contribution is -2.50. The fourth-order valence-corrected chi connectivity index (χ4v) is 2.67. The highest BCUT2D eigenvalue weighted by Gasteiger charge is 2.22. The Balaban J connectivity index is 1.51. The van der Waals surface area contributed by atoms with Crippen LogP contribution in [0.1, 0.15) is 13.8 Å². The van der Waals surface area contributed by atoms with Crippen molar-refractivity contribution in [2.45, 2.75) is 20.4 Å². The Labute approximate surface area is 141 Å². The summed E-state index contributed by atoms with van der Waals surface area (Å²) in [6.45, 7) is 7.85. The van der Waals surface area contributed by atoms with Gasteiger partial charge in [-0.1, -0.05) is 13.8 Å². The van der Waals surface area contributed by atoms with Gasteiger partial charge in [0.1, 0.15) is 0 Å². The predicted molar refractivity (Wildman–Crippen MR) is 91.9 cm³/mol. The number of urea groups is 1. The molecule has 0 saturated carbocycles. The van der Waals surface area contributed by atoms with Gasteiger partial charge in [-0.3, -0.25) is 4.68 Å².